The van der Waals surface area contributed by atoms with Gasteiger partial charge < -0.3 is 19.1 Å². The van der Waals surface area contributed by atoms with Gasteiger partial charge in [0, 0.05) is 60.5 Å². The maximum atomic E-state index is 12.9. The van der Waals surface area contributed by atoms with Gasteiger partial charge in [-0.25, -0.2) is 15.0 Å². The second kappa shape index (κ2) is 8.25. The van der Waals surface area contributed by atoms with Crippen molar-refractivity contribution in [2.75, 3.05) is 18.0 Å². The lowest BCUT2D eigenvalue weighted by molar-refractivity contribution is -0.143. The number of para-hydroxylation sites is 1. The molecule has 1 N–H and O–H groups in total. The highest BCUT2D eigenvalue weighted by molar-refractivity contribution is 5.81. The molecule has 4 heterocycles. The number of imidazole rings is 1. The summed E-state index contributed by atoms with van der Waals surface area (Å²) in [5.74, 6) is 0.100. The van der Waals surface area contributed by atoms with Crippen molar-refractivity contribution in [2.45, 2.75) is 26.4 Å². The Bertz CT molecular complexity index is 1470. The van der Waals surface area contributed by atoms with Crippen molar-refractivity contribution in [3.05, 3.63) is 71.9 Å². The van der Waals surface area contributed by atoms with E-state index in [0.29, 0.717) is 31.0 Å². The van der Waals surface area contributed by atoms with E-state index in [0.717, 1.165) is 34.6 Å². The predicted octanol–water partition coefficient (Wildman–Crippen LogP) is 4.20. The van der Waals surface area contributed by atoms with Crippen molar-refractivity contribution in [1.82, 2.24) is 19.4 Å². The molecule has 1 aliphatic heterocycles. The summed E-state index contributed by atoms with van der Waals surface area (Å²) in [6, 6.07) is 10.6. The van der Waals surface area contributed by atoms with Crippen LogP contribution in [0.2, 0.25) is 0 Å². The van der Waals surface area contributed by atoms with E-state index < -0.39 is 18.0 Å². The van der Waals surface area contributed by atoms with Gasteiger partial charge in [0.2, 0.25) is 5.95 Å². The molecule has 8 nitrogen and oxygen atoms in total. The molecule has 4 aromatic rings. The molecule has 36 heavy (non-hydrogen) atoms. The number of aryl methyl sites for hydroxylation is 1. The predicted molar refractivity (Wildman–Crippen MR) is 127 cm³/mol. The molecule has 1 aliphatic carbocycles. The van der Waals surface area contributed by atoms with Crippen LogP contribution in [0.5, 0.6) is 5.75 Å². The molecule has 2 fully saturated rings. The third kappa shape index (κ3) is 3.73. The van der Waals surface area contributed by atoms with Crippen LogP contribution in [0.25, 0.3) is 16.8 Å². The van der Waals surface area contributed by atoms with Crippen molar-refractivity contribution >= 4 is 17.6 Å². The van der Waals surface area contributed by atoms with Gasteiger partial charge in [0.15, 0.2) is 0 Å². The first kappa shape index (κ1) is 22.4. The molecule has 2 unspecified atom stereocenters. The van der Waals surface area contributed by atoms with Crippen LogP contribution < -0.4 is 9.64 Å². The number of rotatable bonds is 7. The van der Waals surface area contributed by atoms with Crippen molar-refractivity contribution in [1.29, 1.82) is 0 Å². The zero-order valence-corrected chi connectivity index (χ0v) is 19.4. The number of anilines is 1. The van der Waals surface area contributed by atoms with Crippen LogP contribution in [0.15, 0.2) is 55.0 Å². The quantitative estimate of drug-likeness (QED) is 0.414. The minimum Gasteiger partial charge on any atom is -0.481 e. The SMILES string of the molecule is Cc1nc2ccc(-c3cnc(N4CC5CC5(C(=O)O)C4)nc3)cn2c1Cc1ccccc1OC(F)F. The number of carboxylic acid groups (broad SMARTS) is 1. The lowest BCUT2D eigenvalue weighted by Gasteiger charge is -2.19. The molecular weight excluding hydrogens is 468 g/mol. The maximum absolute atomic E-state index is 12.9. The number of aliphatic carboxylic acids is 1. The Balaban J connectivity index is 1.28. The Morgan fingerprint density at radius 2 is 1.97 bits per heavy atom. The Morgan fingerprint density at radius 1 is 1.19 bits per heavy atom. The number of carboxylic acids is 1. The number of nitrogens with zero attached hydrogens (tertiary/aromatic N) is 5. The van der Waals surface area contributed by atoms with E-state index in [2.05, 4.69) is 15.0 Å². The number of aromatic nitrogens is 4. The van der Waals surface area contributed by atoms with Crippen molar-refractivity contribution in [2.24, 2.45) is 11.3 Å². The van der Waals surface area contributed by atoms with E-state index in [-0.39, 0.29) is 11.7 Å². The summed E-state index contributed by atoms with van der Waals surface area (Å²) < 4.78 is 32.4. The van der Waals surface area contributed by atoms with Crippen molar-refractivity contribution < 1.29 is 23.4 Å². The Kier molecular flexibility index (Phi) is 5.13. The number of benzene rings is 1. The average molecular weight is 491 g/mol. The molecular formula is C26H23F2N5O3. The summed E-state index contributed by atoms with van der Waals surface area (Å²) in [6.07, 6.45) is 6.49. The van der Waals surface area contributed by atoms with E-state index in [9.17, 15) is 18.7 Å². The highest BCUT2D eigenvalue weighted by Gasteiger charge is 2.65. The fraction of sp³-hybridized carbons (Fsp3) is 0.308. The number of hydrogen-bond acceptors (Lipinski definition) is 6. The maximum Gasteiger partial charge on any atom is 0.387 e. The molecule has 184 valence electrons. The van der Waals surface area contributed by atoms with Gasteiger partial charge >= 0.3 is 12.6 Å². The number of hydrogen-bond donors (Lipinski definition) is 1. The first-order chi connectivity index (χ1) is 17.3. The number of halogens is 2. The van der Waals surface area contributed by atoms with E-state index >= 15 is 0 Å². The summed E-state index contributed by atoms with van der Waals surface area (Å²) in [5, 5.41) is 9.51. The van der Waals surface area contributed by atoms with E-state index in [1.807, 2.05) is 34.6 Å². The van der Waals surface area contributed by atoms with Gasteiger partial charge in [-0.1, -0.05) is 18.2 Å². The largest absolute Gasteiger partial charge is 0.481 e. The van der Waals surface area contributed by atoms with E-state index in [1.165, 1.54) is 6.07 Å². The molecule has 0 radical (unpaired) electrons. The fourth-order valence-electron chi connectivity index (χ4n) is 5.24. The standard InChI is InChI=1S/C26H23F2N5O3/c1-15-20(8-16-4-2-3-5-21(16)36-24(27)28)33-12-17(6-7-22(33)31-15)18-10-29-25(30-11-18)32-13-19-9-26(19,14-32)23(34)35/h2-7,10-12,19,24H,8-9,13-14H2,1H3,(H,34,35). The third-order valence-corrected chi connectivity index (χ3v) is 7.29. The van der Waals surface area contributed by atoms with Gasteiger partial charge in [-0.3, -0.25) is 4.79 Å². The van der Waals surface area contributed by atoms with E-state index in [4.69, 9.17) is 4.74 Å². The third-order valence-electron chi connectivity index (χ3n) is 7.29. The second-order valence-electron chi connectivity index (χ2n) is 9.47. The van der Waals surface area contributed by atoms with Gasteiger partial charge in [0.05, 0.1) is 11.1 Å². The Hall–Kier alpha value is -4.08. The minimum atomic E-state index is -2.90. The zero-order valence-electron chi connectivity index (χ0n) is 19.4. The first-order valence-corrected chi connectivity index (χ1v) is 11.6. The number of ether oxygens (including phenoxy) is 1. The molecule has 1 saturated carbocycles. The number of alkyl halides is 2. The summed E-state index contributed by atoms with van der Waals surface area (Å²) in [7, 11) is 0. The highest BCUT2D eigenvalue weighted by Crippen LogP contribution is 2.58. The summed E-state index contributed by atoms with van der Waals surface area (Å²) in [6.45, 7) is 0.0877. The van der Waals surface area contributed by atoms with E-state index in [1.54, 1.807) is 30.6 Å². The number of fused-ring (bicyclic) bond motifs is 2. The molecule has 1 saturated heterocycles. The molecule has 2 atom stereocenters. The summed E-state index contributed by atoms with van der Waals surface area (Å²) in [5.41, 5.74) is 4.08. The van der Waals surface area contributed by atoms with Crippen molar-refractivity contribution in [3.63, 3.8) is 0 Å². The van der Waals surface area contributed by atoms with Gasteiger partial charge in [-0.05, 0) is 37.5 Å². The lowest BCUT2D eigenvalue weighted by Crippen LogP contribution is -2.29. The van der Waals surface area contributed by atoms with Crippen LogP contribution in [-0.2, 0) is 11.2 Å². The molecule has 1 aromatic carbocycles. The molecule has 0 amide bonds. The monoisotopic (exact) mass is 491 g/mol. The normalized spacial score (nSPS) is 20.7. The molecule has 2 aliphatic rings. The topological polar surface area (TPSA) is 92.9 Å². The van der Waals surface area contributed by atoms with Crippen molar-refractivity contribution in [3.8, 4) is 16.9 Å². The molecule has 3 aromatic heterocycles. The van der Waals surface area contributed by atoms with Crippen LogP contribution in [0, 0.1) is 18.3 Å². The Morgan fingerprint density at radius 3 is 2.69 bits per heavy atom. The van der Waals surface area contributed by atoms with Crippen LogP contribution in [-0.4, -0.2) is 50.1 Å². The van der Waals surface area contributed by atoms with Crippen LogP contribution >= 0.6 is 0 Å². The van der Waals surface area contributed by atoms with Crippen LogP contribution in [0.3, 0.4) is 0 Å². The summed E-state index contributed by atoms with van der Waals surface area (Å²) >= 11 is 0. The zero-order chi connectivity index (χ0) is 25.0. The second-order valence-corrected chi connectivity index (χ2v) is 9.47. The van der Waals surface area contributed by atoms with Gasteiger partial charge in [0.1, 0.15) is 11.4 Å². The molecule has 10 heteroatoms. The number of piperidine rings is 1. The number of carbonyl (C=O) groups is 1. The molecule has 0 spiro atoms. The first-order valence-electron chi connectivity index (χ1n) is 11.6. The van der Waals surface area contributed by atoms with Gasteiger partial charge in [0.25, 0.3) is 0 Å². The van der Waals surface area contributed by atoms with Gasteiger partial charge in [-0.2, -0.15) is 8.78 Å². The molecule has 0 bridgehead atoms. The molecule has 6 rings (SSSR count). The summed E-state index contributed by atoms with van der Waals surface area (Å²) in [4.78, 5) is 27.2. The minimum absolute atomic E-state index is 0.145. The van der Waals surface area contributed by atoms with Crippen LogP contribution in [0.4, 0.5) is 14.7 Å². The smallest absolute Gasteiger partial charge is 0.387 e. The lowest BCUT2D eigenvalue weighted by atomic mass is 10.1. The Labute approximate surface area is 205 Å². The average Bonchev–Trinajstić information content (AvgIpc) is 3.29. The van der Waals surface area contributed by atoms with Gasteiger partial charge in [-0.15, -0.1) is 0 Å². The van der Waals surface area contributed by atoms with Crippen LogP contribution in [0.1, 0.15) is 23.4 Å². The fourth-order valence-corrected chi connectivity index (χ4v) is 5.24. The number of pyridine rings is 1. The highest BCUT2D eigenvalue weighted by atomic mass is 19.3.